The van der Waals surface area contributed by atoms with Gasteiger partial charge in [0.15, 0.2) is 6.61 Å². The minimum Gasteiger partial charge on any atom is -0.454 e. The predicted molar refractivity (Wildman–Crippen MR) is 114 cm³/mol. The van der Waals surface area contributed by atoms with Gasteiger partial charge in [-0.2, -0.15) is 0 Å². The van der Waals surface area contributed by atoms with Crippen LogP contribution < -0.4 is 5.32 Å². The summed E-state index contributed by atoms with van der Waals surface area (Å²) in [7, 11) is 0. The number of carbonyl (C=O) groups is 4. The number of carbonyl (C=O) groups excluding carboxylic acids is 4. The van der Waals surface area contributed by atoms with Crippen molar-refractivity contribution in [1.29, 1.82) is 0 Å². The molecule has 1 aromatic carbocycles. The Labute approximate surface area is 182 Å². The number of ether oxygens (including phenoxy) is 1. The first-order chi connectivity index (χ1) is 14.8. The fraction of sp³-hybridized carbons (Fsp3) is 0.583. The minimum atomic E-state index is -0.999. The van der Waals surface area contributed by atoms with Crippen LogP contribution in [0, 0.1) is 29.6 Å². The zero-order chi connectivity index (χ0) is 22.3. The lowest BCUT2D eigenvalue weighted by atomic mass is 9.81. The highest BCUT2D eigenvalue weighted by Crippen LogP contribution is 2.56. The highest BCUT2D eigenvalue weighted by Gasteiger charge is 2.62. The fourth-order valence-electron chi connectivity index (χ4n) is 5.74. The molecular formula is C24H30N2O5. The van der Waals surface area contributed by atoms with E-state index in [1.165, 1.54) is 0 Å². The molecular weight excluding hydrogens is 396 g/mol. The van der Waals surface area contributed by atoms with Crippen molar-refractivity contribution < 1.29 is 23.9 Å². The Hall–Kier alpha value is -2.70. The van der Waals surface area contributed by atoms with Crippen molar-refractivity contribution >= 4 is 29.4 Å². The standard InChI is InChI=1S/C24H30N2O5/c1-4-14-7-5-6-8-17(14)25-18(27)12-31-24(30)21(13(2)3)26-22(28)19-15-9-10-16(11-15)20(19)23(26)29/h5-8,13,15-16,19-21H,4,9-12H2,1-3H3,(H,25,27)/t15-,16-,19-,20+,21+/m0/s1. The second-order valence-corrected chi connectivity index (χ2v) is 9.29. The van der Waals surface area contributed by atoms with Crippen LogP contribution in [0.25, 0.3) is 0 Å². The van der Waals surface area contributed by atoms with Gasteiger partial charge in [-0.3, -0.25) is 19.3 Å². The molecule has 0 aromatic heterocycles. The van der Waals surface area contributed by atoms with Crippen LogP contribution in [0.3, 0.4) is 0 Å². The molecule has 0 unspecified atom stereocenters. The quantitative estimate of drug-likeness (QED) is 0.535. The van der Waals surface area contributed by atoms with E-state index < -0.39 is 24.5 Å². The zero-order valence-corrected chi connectivity index (χ0v) is 18.3. The average Bonchev–Trinajstić information content (AvgIpc) is 3.42. The van der Waals surface area contributed by atoms with Gasteiger partial charge in [0.05, 0.1) is 11.8 Å². The monoisotopic (exact) mass is 426 g/mol. The first-order valence-electron chi connectivity index (χ1n) is 11.2. The lowest BCUT2D eigenvalue weighted by Crippen LogP contribution is -2.50. The number of amides is 3. The fourth-order valence-corrected chi connectivity index (χ4v) is 5.74. The van der Waals surface area contributed by atoms with E-state index in [2.05, 4.69) is 5.32 Å². The number of aryl methyl sites for hydroxylation is 1. The number of nitrogens with zero attached hydrogens (tertiary/aromatic N) is 1. The molecule has 166 valence electrons. The molecule has 2 saturated carbocycles. The highest BCUT2D eigenvalue weighted by molar-refractivity contribution is 6.08. The Morgan fingerprint density at radius 1 is 1.10 bits per heavy atom. The van der Waals surface area contributed by atoms with Crippen LogP contribution in [-0.4, -0.2) is 41.2 Å². The van der Waals surface area contributed by atoms with Crippen molar-refractivity contribution in [3.8, 4) is 0 Å². The van der Waals surface area contributed by atoms with Crippen LogP contribution in [0.5, 0.6) is 0 Å². The van der Waals surface area contributed by atoms with Gasteiger partial charge >= 0.3 is 5.97 Å². The van der Waals surface area contributed by atoms with Crippen LogP contribution in [-0.2, 0) is 30.3 Å². The Kier molecular flexibility index (Phi) is 5.86. The molecule has 0 radical (unpaired) electrons. The van der Waals surface area contributed by atoms with Gasteiger partial charge in [-0.1, -0.05) is 39.0 Å². The van der Waals surface area contributed by atoms with Crippen molar-refractivity contribution in [3.05, 3.63) is 29.8 Å². The van der Waals surface area contributed by atoms with Crippen molar-refractivity contribution in [2.24, 2.45) is 29.6 Å². The molecule has 1 N–H and O–H groups in total. The molecule has 3 fully saturated rings. The first kappa shape index (κ1) is 21.5. The molecule has 31 heavy (non-hydrogen) atoms. The number of esters is 1. The van der Waals surface area contributed by atoms with Gasteiger partial charge in [-0.05, 0) is 55.1 Å². The van der Waals surface area contributed by atoms with Gasteiger partial charge < -0.3 is 10.1 Å². The van der Waals surface area contributed by atoms with Crippen molar-refractivity contribution in [3.63, 3.8) is 0 Å². The average molecular weight is 427 g/mol. The smallest absolute Gasteiger partial charge is 0.330 e. The van der Waals surface area contributed by atoms with Gasteiger partial charge in [0.2, 0.25) is 11.8 Å². The van der Waals surface area contributed by atoms with E-state index in [1.807, 2.05) is 25.1 Å². The van der Waals surface area contributed by atoms with Crippen LogP contribution in [0.1, 0.15) is 45.6 Å². The predicted octanol–water partition coefficient (Wildman–Crippen LogP) is 2.79. The third-order valence-corrected chi connectivity index (χ3v) is 7.13. The maximum Gasteiger partial charge on any atom is 0.330 e. The van der Waals surface area contributed by atoms with Crippen molar-refractivity contribution in [2.45, 2.75) is 52.5 Å². The van der Waals surface area contributed by atoms with Crippen molar-refractivity contribution in [1.82, 2.24) is 4.90 Å². The number of imide groups is 1. The molecule has 7 nitrogen and oxygen atoms in total. The number of anilines is 1. The normalized spacial score (nSPS) is 27.5. The summed E-state index contributed by atoms with van der Waals surface area (Å²) in [6.07, 6.45) is 3.66. The molecule has 1 heterocycles. The number of fused-ring (bicyclic) bond motifs is 5. The van der Waals surface area contributed by atoms with E-state index in [-0.39, 0.29) is 41.4 Å². The summed E-state index contributed by atoms with van der Waals surface area (Å²) in [6.45, 7) is 5.10. The summed E-state index contributed by atoms with van der Waals surface area (Å²) in [5.74, 6) is -1.99. The van der Waals surface area contributed by atoms with Gasteiger partial charge in [0.25, 0.3) is 5.91 Å². The van der Waals surface area contributed by atoms with E-state index in [1.54, 1.807) is 19.9 Å². The second kappa shape index (κ2) is 8.44. The molecule has 1 aromatic rings. The molecule has 4 rings (SSSR count). The summed E-state index contributed by atoms with van der Waals surface area (Å²) in [5, 5.41) is 2.76. The highest BCUT2D eigenvalue weighted by atomic mass is 16.5. The number of likely N-dealkylation sites (tertiary alicyclic amines) is 1. The molecule has 1 aliphatic heterocycles. The lowest BCUT2D eigenvalue weighted by Gasteiger charge is -2.28. The lowest BCUT2D eigenvalue weighted by molar-refractivity contribution is -0.162. The molecule has 5 atom stereocenters. The topological polar surface area (TPSA) is 92.8 Å². The largest absolute Gasteiger partial charge is 0.454 e. The number of nitrogens with one attached hydrogen (secondary N) is 1. The molecule has 1 saturated heterocycles. The van der Waals surface area contributed by atoms with E-state index in [0.717, 1.165) is 36.1 Å². The van der Waals surface area contributed by atoms with Gasteiger partial charge in [0.1, 0.15) is 6.04 Å². The summed E-state index contributed by atoms with van der Waals surface area (Å²) in [5.41, 5.74) is 1.66. The van der Waals surface area contributed by atoms with Gasteiger partial charge in [-0.25, -0.2) is 4.79 Å². The summed E-state index contributed by atoms with van der Waals surface area (Å²) < 4.78 is 5.28. The summed E-state index contributed by atoms with van der Waals surface area (Å²) in [6, 6.07) is 6.44. The number of hydrogen-bond donors (Lipinski definition) is 1. The number of hydrogen-bond acceptors (Lipinski definition) is 5. The number of rotatable bonds is 7. The van der Waals surface area contributed by atoms with Crippen LogP contribution in [0.4, 0.5) is 5.69 Å². The Morgan fingerprint density at radius 2 is 1.71 bits per heavy atom. The SMILES string of the molecule is CCc1ccccc1NC(=O)COC(=O)[C@@H](C(C)C)N1C(=O)[C@@H]2[C@H]3CC[C@@H](C3)[C@@H]2C1=O. The van der Waals surface area contributed by atoms with E-state index >= 15 is 0 Å². The van der Waals surface area contributed by atoms with Crippen LogP contribution in [0.15, 0.2) is 24.3 Å². The number of para-hydroxylation sites is 1. The Bertz CT molecular complexity index is 883. The van der Waals surface area contributed by atoms with Crippen LogP contribution in [0.2, 0.25) is 0 Å². The molecule has 3 aliphatic rings. The van der Waals surface area contributed by atoms with Crippen molar-refractivity contribution in [2.75, 3.05) is 11.9 Å². The Morgan fingerprint density at radius 3 is 2.29 bits per heavy atom. The van der Waals surface area contributed by atoms with Crippen LogP contribution >= 0.6 is 0 Å². The first-order valence-corrected chi connectivity index (χ1v) is 11.2. The molecule has 2 aliphatic carbocycles. The van der Waals surface area contributed by atoms with E-state index in [9.17, 15) is 19.2 Å². The van der Waals surface area contributed by atoms with Gasteiger partial charge in [-0.15, -0.1) is 0 Å². The van der Waals surface area contributed by atoms with E-state index in [0.29, 0.717) is 5.69 Å². The third-order valence-electron chi connectivity index (χ3n) is 7.13. The maximum absolute atomic E-state index is 13.1. The minimum absolute atomic E-state index is 0.237. The molecule has 3 amide bonds. The zero-order valence-electron chi connectivity index (χ0n) is 18.3. The maximum atomic E-state index is 13.1. The third kappa shape index (κ3) is 3.75. The summed E-state index contributed by atoms with van der Waals surface area (Å²) >= 11 is 0. The molecule has 0 spiro atoms. The van der Waals surface area contributed by atoms with Gasteiger partial charge in [0, 0.05) is 5.69 Å². The van der Waals surface area contributed by atoms with E-state index in [4.69, 9.17) is 4.74 Å². The number of benzene rings is 1. The second-order valence-electron chi connectivity index (χ2n) is 9.29. The summed E-state index contributed by atoms with van der Waals surface area (Å²) in [4.78, 5) is 52.6. The molecule has 2 bridgehead atoms. The molecule has 7 heteroatoms. The Balaban J connectivity index is 1.42.